The van der Waals surface area contributed by atoms with Crippen molar-refractivity contribution in [3.05, 3.63) is 54.1 Å². The fourth-order valence-electron chi connectivity index (χ4n) is 3.78. The van der Waals surface area contributed by atoms with E-state index in [0.717, 1.165) is 70.3 Å². The SMILES string of the molecule is CN=C(NCc1nccn1CCc1ccccc1)N1CCC(OCCCOC)CC1. The average molecular weight is 414 g/mol. The van der Waals surface area contributed by atoms with E-state index in [4.69, 9.17) is 9.47 Å². The van der Waals surface area contributed by atoms with E-state index in [2.05, 4.69) is 61.3 Å². The van der Waals surface area contributed by atoms with Crippen LogP contribution in [0.3, 0.4) is 0 Å². The summed E-state index contributed by atoms with van der Waals surface area (Å²) in [6, 6.07) is 10.6. The molecule has 1 aromatic carbocycles. The molecule has 0 amide bonds. The van der Waals surface area contributed by atoms with Gasteiger partial charge in [-0.25, -0.2) is 4.98 Å². The van der Waals surface area contributed by atoms with Crippen LogP contribution >= 0.6 is 0 Å². The second-order valence-corrected chi connectivity index (χ2v) is 7.58. The van der Waals surface area contributed by atoms with Gasteiger partial charge in [-0.15, -0.1) is 0 Å². The number of rotatable bonds is 10. The number of aromatic nitrogens is 2. The largest absolute Gasteiger partial charge is 0.385 e. The first-order valence-electron chi connectivity index (χ1n) is 10.9. The molecule has 1 N–H and O–H groups in total. The number of nitrogens with zero attached hydrogens (tertiary/aromatic N) is 4. The molecule has 0 spiro atoms. The van der Waals surface area contributed by atoms with Gasteiger partial charge in [0.15, 0.2) is 5.96 Å². The average Bonchev–Trinajstić information content (AvgIpc) is 3.25. The highest BCUT2D eigenvalue weighted by molar-refractivity contribution is 5.79. The number of imidazole rings is 1. The molecule has 1 aromatic heterocycles. The summed E-state index contributed by atoms with van der Waals surface area (Å²) in [7, 11) is 3.57. The van der Waals surface area contributed by atoms with Crippen LogP contribution in [0.1, 0.15) is 30.7 Å². The minimum Gasteiger partial charge on any atom is -0.385 e. The highest BCUT2D eigenvalue weighted by Crippen LogP contribution is 2.14. The predicted octanol–water partition coefficient (Wildman–Crippen LogP) is 2.72. The molecule has 0 aliphatic carbocycles. The Hall–Kier alpha value is -2.38. The van der Waals surface area contributed by atoms with E-state index in [1.165, 1.54) is 5.56 Å². The Bertz CT molecular complexity index is 754. The van der Waals surface area contributed by atoms with Crippen LogP contribution in [0.5, 0.6) is 0 Å². The lowest BCUT2D eigenvalue weighted by Gasteiger charge is -2.34. The molecule has 7 nitrogen and oxygen atoms in total. The number of piperidine rings is 1. The van der Waals surface area contributed by atoms with E-state index in [0.29, 0.717) is 12.6 Å². The van der Waals surface area contributed by atoms with E-state index in [1.54, 1.807) is 7.11 Å². The molecular formula is C23H35N5O2. The van der Waals surface area contributed by atoms with E-state index >= 15 is 0 Å². The monoisotopic (exact) mass is 413 g/mol. The lowest BCUT2D eigenvalue weighted by atomic mass is 10.1. The minimum absolute atomic E-state index is 0.341. The molecule has 7 heteroatoms. The summed E-state index contributed by atoms with van der Waals surface area (Å²) in [6.07, 6.45) is 8.27. The summed E-state index contributed by atoms with van der Waals surface area (Å²) in [5.74, 6) is 1.97. The van der Waals surface area contributed by atoms with Crippen LogP contribution in [-0.4, -0.2) is 67.0 Å². The van der Waals surface area contributed by atoms with Crippen molar-refractivity contribution in [1.29, 1.82) is 0 Å². The van der Waals surface area contributed by atoms with Crippen molar-refractivity contribution in [2.75, 3.05) is 40.5 Å². The van der Waals surface area contributed by atoms with Crippen molar-refractivity contribution in [2.24, 2.45) is 4.99 Å². The van der Waals surface area contributed by atoms with Crippen molar-refractivity contribution in [3.63, 3.8) is 0 Å². The number of aryl methyl sites for hydroxylation is 2. The van der Waals surface area contributed by atoms with Gasteiger partial charge in [0.1, 0.15) is 5.82 Å². The number of aliphatic imine (C=N–C) groups is 1. The fraction of sp³-hybridized carbons (Fsp3) is 0.565. The van der Waals surface area contributed by atoms with Gasteiger partial charge in [-0.3, -0.25) is 4.99 Å². The summed E-state index contributed by atoms with van der Waals surface area (Å²) in [4.78, 5) is 11.3. The van der Waals surface area contributed by atoms with E-state index in [1.807, 2.05) is 13.2 Å². The summed E-state index contributed by atoms with van der Waals surface area (Å²) in [5.41, 5.74) is 1.34. The van der Waals surface area contributed by atoms with Gasteiger partial charge in [0.2, 0.25) is 0 Å². The van der Waals surface area contributed by atoms with Crippen LogP contribution in [0, 0.1) is 0 Å². The van der Waals surface area contributed by atoms with E-state index in [-0.39, 0.29) is 0 Å². The molecular weight excluding hydrogens is 378 g/mol. The molecule has 1 aliphatic rings. The Morgan fingerprint density at radius 1 is 1.20 bits per heavy atom. The van der Waals surface area contributed by atoms with Gasteiger partial charge in [-0.05, 0) is 31.2 Å². The molecule has 3 rings (SSSR count). The maximum absolute atomic E-state index is 5.96. The molecule has 1 aliphatic heterocycles. The van der Waals surface area contributed by atoms with Crippen LogP contribution < -0.4 is 5.32 Å². The first kappa shape index (κ1) is 22.3. The third kappa shape index (κ3) is 6.85. The second-order valence-electron chi connectivity index (χ2n) is 7.58. The third-order valence-corrected chi connectivity index (χ3v) is 5.49. The number of likely N-dealkylation sites (tertiary alicyclic amines) is 1. The summed E-state index contributed by atoms with van der Waals surface area (Å²) in [5, 5.41) is 3.49. The van der Waals surface area contributed by atoms with Gasteiger partial charge in [0.25, 0.3) is 0 Å². The van der Waals surface area contributed by atoms with Crippen LogP contribution in [0.2, 0.25) is 0 Å². The molecule has 0 saturated carbocycles. The van der Waals surface area contributed by atoms with E-state index < -0.39 is 0 Å². The summed E-state index contributed by atoms with van der Waals surface area (Å²) >= 11 is 0. The van der Waals surface area contributed by atoms with Crippen LogP contribution in [0.15, 0.2) is 47.7 Å². The van der Waals surface area contributed by atoms with Crippen LogP contribution in [0.4, 0.5) is 0 Å². The molecule has 0 radical (unpaired) electrons. The Morgan fingerprint density at radius 2 is 2.00 bits per heavy atom. The molecule has 2 aromatic rings. The third-order valence-electron chi connectivity index (χ3n) is 5.49. The minimum atomic E-state index is 0.341. The van der Waals surface area contributed by atoms with Gasteiger partial charge in [-0.1, -0.05) is 30.3 Å². The molecule has 1 fully saturated rings. The highest BCUT2D eigenvalue weighted by Gasteiger charge is 2.22. The number of nitrogens with one attached hydrogen (secondary N) is 1. The number of benzene rings is 1. The lowest BCUT2D eigenvalue weighted by molar-refractivity contribution is 0.00989. The molecule has 0 atom stereocenters. The smallest absolute Gasteiger partial charge is 0.194 e. The zero-order valence-corrected chi connectivity index (χ0v) is 18.3. The number of guanidine groups is 1. The Kier molecular flexibility index (Phi) is 9.18. The molecule has 0 bridgehead atoms. The molecule has 2 heterocycles. The maximum atomic E-state index is 5.96. The Labute approximate surface area is 180 Å². The Morgan fingerprint density at radius 3 is 2.73 bits per heavy atom. The van der Waals surface area contributed by atoms with E-state index in [9.17, 15) is 0 Å². The maximum Gasteiger partial charge on any atom is 0.194 e. The first-order chi connectivity index (χ1) is 14.8. The van der Waals surface area contributed by atoms with Gasteiger partial charge < -0.3 is 24.3 Å². The van der Waals surface area contributed by atoms with Crippen LogP contribution in [-0.2, 0) is 29.0 Å². The first-order valence-corrected chi connectivity index (χ1v) is 10.9. The zero-order chi connectivity index (χ0) is 21.0. The Balaban J connectivity index is 1.42. The fourth-order valence-corrected chi connectivity index (χ4v) is 3.78. The quantitative estimate of drug-likeness (QED) is 0.369. The number of ether oxygens (including phenoxy) is 2. The van der Waals surface area contributed by atoms with Gasteiger partial charge >= 0.3 is 0 Å². The highest BCUT2D eigenvalue weighted by atomic mass is 16.5. The molecule has 164 valence electrons. The second kappa shape index (κ2) is 12.3. The molecule has 0 unspecified atom stereocenters. The topological polar surface area (TPSA) is 63.9 Å². The molecule has 30 heavy (non-hydrogen) atoms. The number of hydrogen-bond acceptors (Lipinski definition) is 4. The number of methoxy groups -OCH3 is 1. The van der Waals surface area contributed by atoms with Gasteiger partial charge in [0.05, 0.1) is 12.6 Å². The normalized spacial score (nSPS) is 15.5. The zero-order valence-electron chi connectivity index (χ0n) is 18.3. The summed E-state index contributed by atoms with van der Waals surface area (Å²) in [6.45, 7) is 5.04. The van der Waals surface area contributed by atoms with Crippen molar-refractivity contribution >= 4 is 5.96 Å². The summed E-state index contributed by atoms with van der Waals surface area (Å²) < 4.78 is 13.3. The standard InChI is InChI=1S/C23H35N5O2/c1-24-23(28-14-10-21(11-15-28)30-18-6-17-29-2)26-19-22-25-12-16-27(22)13-9-20-7-4-3-5-8-20/h3-5,7-8,12,16,21H,6,9-11,13-15,17-19H2,1-2H3,(H,24,26). The van der Waals surface area contributed by atoms with Crippen molar-refractivity contribution in [1.82, 2.24) is 19.8 Å². The number of hydrogen-bond donors (Lipinski definition) is 1. The van der Waals surface area contributed by atoms with Crippen LogP contribution in [0.25, 0.3) is 0 Å². The lowest BCUT2D eigenvalue weighted by Crippen LogP contribution is -2.47. The van der Waals surface area contributed by atoms with Crippen molar-refractivity contribution < 1.29 is 9.47 Å². The van der Waals surface area contributed by atoms with Crippen molar-refractivity contribution in [3.8, 4) is 0 Å². The van der Waals surface area contributed by atoms with Gasteiger partial charge in [-0.2, -0.15) is 0 Å². The van der Waals surface area contributed by atoms with Gasteiger partial charge in [0, 0.05) is 59.4 Å². The predicted molar refractivity (Wildman–Crippen MR) is 120 cm³/mol. The molecule has 1 saturated heterocycles. The van der Waals surface area contributed by atoms with Crippen molar-refractivity contribution in [2.45, 2.75) is 44.9 Å².